The number of rotatable bonds is 2. The molecule has 0 fully saturated rings. The average molecular weight is 210 g/mol. The molecule has 78 valence electrons. The van der Waals surface area contributed by atoms with Crippen molar-refractivity contribution in [1.82, 2.24) is 0 Å². The van der Waals surface area contributed by atoms with Crippen LogP contribution in [0.3, 0.4) is 0 Å². The second-order valence-electron chi connectivity index (χ2n) is 2.96. The van der Waals surface area contributed by atoms with Gasteiger partial charge in [0.25, 0.3) is 6.43 Å². The van der Waals surface area contributed by atoms with Gasteiger partial charge in [-0.2, -0.15) is 5.26 Å². The normalized spacial score (nSPS) is 10.1. The summed E-state index contributed by atoms with van der Waals surface area (Å²) in [6.45, 7) is 1.17. The highest BCUT2D eigenvalue weighted by atomic mass is 19.3. The lowest BCUT2D eigenvalue weighted by Gasteiger charge is -2.10. The number of carbonyl (C=O) groups is 1. The number of Topliss-reactive ketones (excluding diaryl/α,β-unsaturated/α-hetero) is 1. The fourth-order valence-corrected chi connectivity index (χ4v) is 1.28. The van der Waals surface area contributed by atoms with E-state index in [2.05, 4.69) is 0 Å². The number of alkyl halides is 2. The molecule has 0 spiro atoms. The van der Waals surface area contributed by atoms with E-state index in [0.717, 1.165) is 0 Å². The van der Waals surface area contributed by atoms with Crippen LogP contribution in [0.2, 0.25) is 0 Å². The molecule has 0 aliphatic rings. The van der Waals surface area contributed by atoms with Crippen molar-refractivity contribution in [2.24, 2.45) is 0 Å². The van der Waals surface area contributed by atoms with Crippen molar-refractivity contribution < 1.29 is 13.6 Å². The zero-order valence-corrected chi connectivity index (χ0v) is 7.92. The van der Waals surface area contributed by atoms with Gasteiger partial charge in [0.2, 0.25) is 0 Å². The highest BCUT2D eigenvalue weighted by Gasteiger charge is 2.21. The summed E-state index contributed by atoms with van der Waals surface area (Å²) in [5.41, 5.74) is 4.32. The number of nitriles is 1. The Balaban J connectivity index is 3.53. The van der Waals surface area contributed by atoms with Crippen LogP contribution >= 0.6 is 0 Å². The number of anilines is 1. The fourth-order valence-electron chi connectivity index (χ4n) is 1.28. The summed E-state index contributed by atoms with van der Waals surface area (Å²) in [5, 5.41) is 8.59. The molecule has 5 heteroatoms. The predicted octanol–water partition coefficient (Wildman–Crippen LogP) is 2.28. The van der Waals surface area contributed by atoms with Gasteiger partial charge in [-0.3, -0.25) is 4.79 Å². The number of halogens is 2. The van der Waals surface area contributed by atoms with E-state index in [1.54, 1.807) is 6.07 Å². The molecule has 0 heterocycles. The van der Waals surface area contributed by atoms with E-state index in [-0.39, 0.29) is 16.8 Å². The maximum Gasteiger partial charge on any atom is 0.266 e. The molecule has 2 N–H and O–H groups in total. The van der Waals surface area contributed by atoms with Gasteiger partial charge in [0, 0.05) is 5.56 Å². The maximum absolute atomic E-state index is 12.6. The molecule has 0 aliphatic heterocycles. The number of nitrogens with two attached hydrogens (primary N) is 1. The minimum atomic E-state index is -2.86. The Bertz CT molecular complexity index is 449. The van der Waals surface area contributed by atoms with Crippen LogP contribution in [0.4, 0.5) is 14.5 Å². The van der Waals surface area contributed by atoms with Crippen molar-refractivity contribution in [1.29, 1.82) is 5.26 Å². The van der Waals surface area contributed by atoms with E-state index >= 15 is 0 Å². The van der Waals surface area contributed by atoms with E-state index in [0.29, 0.717) is 0 Å². The van der Waals surface area contributed by atoms with Gasteiger partial charge in [-0.05, 0) is 19.1 Å². The predicted molar refractivity (Wildman–Crippen MR) is 50.5 cm³/mol. The van der Waals surface area contributed by atoms with Gasteiger partial charge in [-0.25, -0.2) is 8.78 Å². The molecule has 0 unspecified atom stereocenters. The lowest BCUT2D eigenvalue weighted by Crippen LogP contribution is -2.06. The van der Waals surface area contributed by atoms with Crippen LogP contribution in [0.5, 0.6) is 0 Å². The third-order valence-corrected chi connectivity index (χ3v) is 2.01. The third kappa shape index (κ3) is 1.94. The van der Waals surface area contributed by atoms with E-state index < -0.39 is 17.8 Å². The number of ketones is 1. The molecule has 3 nitrogen and oxygen atoms in total. The molecule has 0 atom stereocenters. The third-order valence-electron chi connectivity index (χ3n) is 2.01. The van der Waals surface area contributed by atoms with Crippen LogP contribution in [0.15, 0.2) is 12.1 Å². The topological polar surface area (TPSA) is 66.9 Å². The molecule has 1 aromatic carbocycles. The highest BCUT2D eigenvalue weighted by molar-refractivity contribution is 5.97. The first-order valence-corrected chi connectivity index (χ1v) is 4.10. The summed E-state index contributed by atoms with van der Waals surface area (Å²) in [5.74, 6) is -0.499. The number of carbonyl (C=O) groups excluding carboxylic acids is 1. The average Bonchev–Trinajstić information content (AvgIpc) is 2.16. The quantitative estimate of drug-likeness (QED) is 0.601. The Labute approximate surface area is 85.1 Å². The highest BCUT2D eigenvalue weighted by Crippen LogP contribution is 2.31. The van der Waals surface area contributed by atoms with Crippen LogP contribution in [0.1, 0.15) is 34.8 Å². The molecule has 0 bridgehead atoms. The van der Waals surface area contributed by atoms with Crippen molar-refractivity contribution >= 4 is 11.5 Å². The lowest BCUT2D eigenvalue weighted by atomic mass is 9.99. The number of nitrogens with zero attached hydrogens (tertiary/aromatic N) is 1. The van der Waals surface area contributed by atoms with Crippen molar-refractivity contribution in [3.8, 4) is 6.07 Å². The molecule has 0 aliphatic carbocycles. The number of hydrogen-bond acceptors (Lipinski definition) is 3. The van der Waals surface area contributed by atoms with E-state index in [4.69, 9.17) is 11.0 Å². The monoisotopic (exact) mass is 210 g/mol. The van der Waals surface area contributed by atoms with Crippen molar-refractivity contribution in [2.45, 2.75) is 13.3 Å². The van der Waals surface area contributed by atoms with Gasteiger partial charge < -0.3 is 5.73 Å². The summed E-state index contributed by atoms with van der Waals surface area (Å²) < 4.78 is 25.2. The summed E-state index contributed by atoms with van der Waals surface area (Å²) >= 11 is 0. The first-order chi connectivity index (χ1) is 6.99. The Morgan fingerprint density at radius 1 is 1.53 bits per heavy atom. The van der Waals surface area contributed by atoms with Gasteiger partial charge in [-0.1, -0.05) is 0 Å². The van der Waals surface area contributed by atoms with Crippen LogP contribution in [-0.2, 0) is 0 Å². The number of hydrogen-bond donors (Lipinski definition) is 1. The molecular weight excluding hydrogens is 202 g/mol. The Kier molecular flexibility index (Phi) is 3.00. The number of nitrogen functional groups attached to an aromatic ring is 1. The molecule has 1 aromatic rings. The van der Waals surface area contributed by atoms with E-state index in [9.17, 15) is 13.6 Å². The van der Waals surface area contributed by atoms with Crippen LogP contribution < -0.4 is 5.73 Å². The minimum absolute atomic E-state index is 0.0460. The zero-order valence-electron chi connectivity index (χ0n) is 7.92. The fraction of sp³-hybridized carbons (Fsp3) is 0.200. The van der Waals surface area contributed by atoms with Crippen molar-refractivity contribution in [3.05, 3.63) is 28.8 Å². The summed E-state index contributed by atoms with van der Waals surface area (Å²) in [6.07, 6.45) is -2.86. The van der Waals surface area contributed by atoms with Crippen LogP contribution in [0, 0.1) is 11.3 Å². The van der Waals surface area contributed by atoms with Gasteiger partial charge in [-0.15, -0.1) is 0 Å². The zero-order chi connectivity index (χ0) is 11.6. The van der Waals surface area contributed by atoms with Crippen LogP contribution in [0.25, 0.3) is 0 Å². The second-order valence-corrected chi connectivity index (χ2v) is 2.96. The molecule has 1 rings (SSSR count). The van der Waals surface area contributed by atoms with Gasteiger partial charge in [0.05, 0.1) is 16.8 Å². The Morgan fingerprint density at radius 2 is 2.13 bits per heavy atom. The molecular formula is C10H8F2N2O. The van der Waals surface area contributed by atoms with E-state index in [1.807, 2.05) is 0 Å². The standard InChI is InChI=1S/C10H8F2N2O/c1-5(15)7-3-2-6(4-13)9(14)8(7)10(11)12/h2-3,10H,14H2,1H3. The van der Waals surface area contributed by atoms with Gasteiger partial charge in [0.1, 0.15) is 6.07 Å². The molecule has 0 saturated heterocycles. The largest absolute Gasteiger partial charge is 0.397 e. The molecule has 0 aromatic heterocycles. The minimum Gasteiger partial charge on any atom is -0.397 e. The summed E-state index contributed by atoms with van der Waals surface area (Å²) in [6, 6.07) is 4.14. The Morgan fingerprint density at radius 3 is 2.53 bits per heavy atom. The number of benzene rings is 1. The van der Waals surface area contributed by atoms with Gasteiger partial charge >= 0.3 is 0 Å². The molecule has 15 heavy (non-hydrogen) atoms. The summed E-state index contributed by atoms with van der Waals surface area (Å²) in [4.78, 5) is 11.1. The van der Waals surface area contributed by atoms with E-state index in [1.165, 1.54) is 19.1 Å². The molecule has 0 saturated carbocycles. The first-order valence-electron chi connectivity index (χ1n) is 4.10. The first kappa shape index (κ1) is 11.1. The smallest absolute Gasteiger partial charge is 0.266 e. The Hall–Kier alpha value is -1.96. The molecule has 0 amide bonds. The van der Waals surface area contributed by atoms with Crippen molar-refractivity contribution in [3.63, 3.8) is 0 Å². The maximum atomic E-state index is 12.6. The second kappa shape index (κ2) is 4.05. The van der Waals surface area contributed by atoms with Crippen molar-refractivity contribution in [2.75, 3.05) is 5.73 Å². The summed E-state index contributed by atoms with van der Waals surface area (Å²) in [7, 11) is 0. The van der Waals surface area contributed by atoms with Gasteiger partial charge in [0.15, 0.2) is 5.78 Å². The van der Waals surface area contributed by atoms with Crippen LogP contribution in [-0.4, -0.2) is 5.78 Å². The lowest BCUT2D eigenvalue weighted by molar-refractivity contribution is 0.0999. The molecule has 0 radical (unpaired) electrons. The SMILES string of the molecule is CC(=O)c1ccc(C#N)c(N)c1C(F)F.